The van der Waals surface area contributed by atoms with Crippen molar-refractivity contribution < 1.29 is 29.0 Å². The summed E-state index contributed by atoms with van der Waals surface area (Å²) in [5.74, 6) is -1.38. The maximum absolute atomic E-state index is 12.0. The molecule has 2 rings (SSSR count). The van der Waals surface area contributed by atoms with Gasteiger partial charge >= 0.3 is 11.6 Å². The number of hydrogen-bond acceptors (Lipinski definition) is 6. The van der Waals surface area contributed by atoms with Crippen LogP contribution in [-0.2, 0) is 11.2 Å². The maximum Gasteiger partial charge on any atom is 0.339 e. The molecule has 0 amide bonds. The third-order valence-electron chi connectivity index (χ3n) is 3.48. The largest absolute Gasteiger partial charge is 0.504 e. The van der Waals surface area contributed by atoms with Gasteiger partial charge in [-0.2, -0.15) is 0 Å². The van der Waals surface area contributed by atoms with E-state index in [9.17, 15) is 19.5 Å². The molecule has 2 aromatic rings. The molecule has 0 radical (unpaired) electrons. The fourth-order valence-corrected chi connectivity index (χ4v) is 2.30. The summed E-state index contributed by atoms with van der Waals surface area (Å²) in [6, 6.07) is 1.44. The Morgan fingerprint density at radius 1 is 1.45 bits per heavy atom. The van der Waals surface area contributed by atoms with Gasteiger partial charge in [-0.1, -0.05) is 0 Å². The van der Waals surface area contributed by atoms with Crippen molar-refractivity contribution in [3.05, 3.63) is 33.2 Å². The Hall–Kier alpha value is -2.83. The van der Waals surface area contributed by atoms with E-state index < -0.39 is 17.3 Å². The van der Waals surface area contributed by atoms with Crippen LogP contribution in [0.5, 0.6) is 11.5 Å². The van der Waals surface area contributed by atoms with E-state index in [1.165, 1.54) is 13.2 Å². The quantitative estimate of drug-likeness (QED) is 0.637. The molecule has 0 aliphatic carbocycles. The van der Waals surface area contributed by atoms with Gasteiger partial charge in [-0.05, 0) is 25.0 Å². The van der Waals surface area contributed by atoms with Crippen LogP contribution in [0.3, 0.4) is 0 Å². The van der Waals surface area contributed by atoms with Gasteiger partial charge < -0.3 is 19.4 Å². The van der Waals surface area contributed by atoms with Crippen molar-refractivity contribution in [1.29, 1.82) is 0 Å². The minimum atomic E-state index is -1.03. The third-order valence-corrected chi connectivity index (χ3v) is 3.48. The first-order valence-corrected chi connectivity index (χ1v) is 6.43. The van der Waals surface area contributed by atoms with Gasteiger partial charge in [-0.3, -0.25) is 9.59 Å². The summed E-state index contributed by atoms with van der Waals surface area (Å²) in [6.07, 6.45) is 0.172. The zero-order valence-corrected chi connectivity index (χ0v) is 12.0. The molecular weight excluding hydrogens is 292 g/mol. The molecule has 0 atom stereocenters. The van der Waals surface area contributed by atoms with Crippen LogP contribution >= 0.6 is 0 Å². The highest BCUT2D eigenvalue weighted by atomic mass is 16.5. The van der Waals surface area contributed by atoms with Gasteiger partial charge in [0.15, 0.2) is 23.4 Å². The Labute approximate surface area is 124 Å². The van der Waals surface area contributed by atoms with E-state index >= 15 is 0 Å². The van der Waals surface area contributed by atoms with Crippen LogP contribution in [0.2, 0.25) is 0 Å². The molecule has 0 fully saturated rings. The number of carbonyl (C=O) groups is 2. The summed E-state index contributed by atoms with van der Waals surface area (Å²) >= 11 is 0. The highest BCUT2D eigenvalue weighted by Crippen LogP contribution is 2.36. The maximum atomic E-state index is 12.0. The second-order valence-electron chi connectivity index (χ2n) is 4.72. The van der Waals surface area contributed by atoms with Crippen LogP contribution < -0.4 is 10.4 Å². The lowest BCUT2D eigenvalue weighted by molar-refractivity contribution is -0.136. The van der Waals surface area contributed by atoms with E-state index in [1.54, 1.807) is 6.92 Å². The number of carboxylic acid groups (broad SMARTS) is 1. The number of fused-ring (bicyclic) bond motifs is 1. The van der Waals surface area contributed by atoms with Gasteiger partial charge in [-0.15, -0.1) is 0 Å². The number of aliphatic carboxylic acids is 1. The summed E-state index contributed by atoms with van der Waals surface area (Å²) in [6.45, 7) is 1.63. The Balaban J connectivity index is 2.79. The molecule has 1 aromatic carbocycles. The first-order valence-electron chi connectivity index (χ1n) is 6.43. The summed E-state index contributed by atoms with van der Waals surface area (Å²) in [7, 11) is 1.33. The molecule has 0 aliphatic heterocycles. The van der Waals surface area contributed by atoms with E-state index in [1.807, 2.05) is 0 Å². The first kappa shape index (κ1) is 15.6. The summed E-state index contributed by atoms with van der Waals surface area (Å²) < 4.78 is 10.1. The molecule has 116 valence electrons. The van der Waals surface area contributed by atoms with Gasteiger partial charge in [0.05, 0.1) is 7.11 Å². The van der Waals surface area contributed by atoms with Crippen molar-refractivity contribution in [1.82, 2.24) is 0 Å². The number of rotatable bonds is 5. The molecule has 1 heterocycles. The number of phenolic OH excluding ortho intramolecular Hbond substituents is 1. The smallest absolute Gasteiger partial charge is 0.339 e. The Morgan fingerprint density at radius 3 is 2.68 bits per heavy atom. The molecule has 7 nitrogen and oxygen atoms in total. The number of benzene rings is 1. The number of methoxy groups -OCH3 is 1. The lowest BCUT2D eigenvalue weighted by Crippen LogP contribution is -2.13. The number of aromatic hydroxyl groups is 1. The van der Waals surface area contributed by atoms with E-state index in [0.717, 1.165) is 0 Å². The molecule has 0 saturated carbocycles. The molecule has 0 unspecified atom stereocenters. The molecule has 0 bridgehead atoms. The van der Waals surface area contributed by atoms with Gasteiger partial charge in [0.25, 0.3) is 0 Å². The number of aryl methyl sites for hydroxylation is 1. The van der Waals surface area contributed by atoms with Gasteiger partial charge in [0.1, 0.15) is 5.56 Å². The SMILES string of the molecule is COc1cc2c(C)c(CCC(=O)O)c(=O)oc2c(C=O)c1O. The number of aldehydes is 1. The topological polar surface area (TPSA) is 114 Å². The predicted octanol–water partition coefficient (Wildman–Crippen LogP) is 1.65. The molecule has 1 aromatic heterocycles. The normalized spacial score (nSPS) is 10.6. The minimum absolute atomic E-state index is 0.0130. The second kappa shape index (κ2) is 5.88. The minimum Gasteiger partial charge on any atom is -0.504 e. The van der Waals surface area contributed by atoms with Crippen molar-refractivity contribution in [2.75, 3.05) is 7.11 Å². The number of carboxylic acids is 1. The highest BCUT2D eigenvalue weighted by Gasteiger charge is 2.20. The van der Waals surface area contributed by atoms with Crippen LogP contribution in [0.25, 0.3) is 11.0 Å². The molecule has 0 aliphatic rings. The van der Waals surface area contributed by atoms with Crippen molar-refractivity contribution in [2.24, 2.45) is 0 Å². The molecule has 0 saturated heterocycles. The Bertz CT molecular complexity index is 817. The zero-order valence-electron chi connectivity index (χ0n) is 12.0. The number of carbonyl (C=O) groups excluding carboxylic acids is 1. The number of hydrogen-bond donors (Lipinski definition) is 2. The first-order chi connectivity index (χ1) is 10.4. The van der Waals surface area contributed by atoms with Crippen LogP contribution in [0.1, 0.15) is 27.9 Å². The Kier molecular flexibility index (Phi) is 4.16. The fraction of sp³-hybridized carbons (Fsp3) is 0.267. The molecule has 22 heavy (non-hydrogen) atoms. The monoisotopic (exact) mass is 306 g/mol. The van der Waals surface area contributed by atoms with Crippen molar-refractivity contribution in [3.8, 4) is 11.5 Å². The van der Waals surface area contributed by atoms with Crippen LogP contribution in [0, 0.1) is 6.92 Å². The zero-order chi connectivity index (χ0) is 16.4. The average Bonchev–Trinajstić information content (AvgIpc) is 2.46. The van der Waals surface area contributed by atoms with Crippen molar-refractivity contribution in [2.45, 2.75) is 19.8 Å². The van der Waals surface area contributed by atoms with Crippen LogP contribution in [0.4, 0.5) is 0 Å². The lowest BCUT2D eigenvalue weighted by atomic mass is 10.00. The van der Waals surface area contributed by atoms with Gasteiger partial charge in [0.2, 0.25) is 0 Å². The molecule has 7 heteroatoms. The van der Waals surface area contributed by atoms with E-state index in [2.05, 4.69) is 0 Å². The fourth-order valence-electron chi connectivity index (χ4n) is 2.30. The molecular formula is C15H14O7. The van der Waals surface area contributed by atoms with Crippen LogP contribution in [-0.4, -0.2) is 29.6 Å². The van der Waals surface area contributed by atoms with E-state index in [-0.39, 0.29) is 35.3 Å². The summed E-state index contributed by atoms with van der Waals surface area (Å²) in [4.78, 5) is 33.9. The van der Waals surface area contributed by atoms with Crippen molar-refractivity contribution in [3.63, 3.8) is 0 Å². The number of ether oxygens (including phenoxy) is 1. The highest BCUT2D eigenvalue weighted by molar-refractivity contribution is 6.00. The lowest BCUT2D eigenvalue weighted by Gasteiger charge is -2.12. The van der Waals surface area contributed by atoms with E-state index in [0.29, 0.717) is 17.2 Å². The molecule has 0 spiro atoms. The Morgan fingerprint density at radius 2 is 2.14 bits per heavy atom. The third kappa shape index (κ3) is 2.52. The van der Waals surface area contributed by atoms with Gasteiger partial charge in [0, 0.05) is 17.4 Å². The summed E-state index contributed by atoms with van der Waals surface area (Å²) in [5.41, 5.74) is -0.235. The van der Waals surface area contributed by atoms with E-state index in [4.69, 9.17) is 14.3 Å². The van der Waals surface area contributed by atoms with Crippen molar-refractivity contribution >= 4 is 23.2 Å². The summed E-state index contributed by atoms with van der Waals surface area (Å²) in [5, 5.41) is 19.1. The standard InChI is InChI=1S/C15H14O7/c1-7-8(3-4-12(17)18)15(20)22-14-9(7)5-11(21-2)13(19)10(14)6-16/h5-6,19H,3-4H2,1-2H3,(H,17,18). The molecule has 2 N–H and O–H groups in total. The average molecular weight is 306 g/mol. The van der Waals surface area contributed by atoms with Crippen LogP contribution in [0.15, 0.2) is 15.3 Å². The predicted molar refractivity (Wildman–Crippen MR) is 76.8 cm³/mol. The second-order valence-corrected chi connectivity index (χ2v) is 4.72. The van der Waals surface area contributed by atoms with Gasteiger partial charge in [-0.25, -0.2) is 4.79 Å². The number of phenols is 1.